The van der Waals surface area contributed by atoms with Gasteiger partial charge in [-0.1, -0.05) is 12.1 Å². The summed E-state index contributed by atoms with van der Waals surface area (Å²) in [5.41, 5.74) is 1.05. The van der Waals surface area contributed by atoms with Crippen LogP contribution >= 0.6 is 11.3 Å². The van der Waals surface area contributed by atoms with Gasteiger partial charge in [0.25, 0.3) is 5.89 Å². The molecule has 0 atom stereocenters. The minimum absolute atomic E-state index is 0.0770. The van der Waals surface area contributed by atoms with Crippen molar-refractivity contribution < 1.29 is 22.5 Å². The van der Waals surface area contributed by atoms with Crippen LogP contribution in [0.2, 0.25) is 0 Å². The fraction of sp³-hybridized carbons (Fsp3) is 0.188. The van der Waals surface area contributed by atoms with Crippen LogP contribution in [0, 0.1) is 0 Å². The molecule has 2 aromatic heterocycles. The lowest BCUT2D eigenvalue weighted by molar-refractivity contribution is 0.0429. The van der Waals surface area contributed by atoms with Gasteiger partial charge in [-0.15, -0.1) is 0 Å². The molecule has 10 heteroatoms. The molecule has 0 radical (unpaired) electrons. The Morgan fingerprint density at radius 3 is 2.69 bits per heavy atom. The summed E-state index contributed by atoms with van der Waals surface area (Å²) in [6, 6.07) is 7.31. The second kappa shape index (κ2) is 7.77. The Morgan fingerprint density at radius 1 is 1.27 bits per heavy atom. The van der Waals surface area contributed by atoms with Crippen LogP contribution in [0.15, 0.2) is 50.5 Å². The third-order valence-electron chi connectivity index (χ3n) is 3.31. The number of nitrogens with zero attached hydrogens (tertiary/aromatic N) is 2. The van der Waals surface area contributed by atoms with E-state index in [0.717, 1.165) is 5.56 Å². The van der Waals surface area contributed by atoms with Crippen molar-refractivity contribution >= 4 is 27.3 Å². The lowest BCUT2D eigenvalue weighted by atomic mass is 10.2. The predicted molar refractivity (Wildman–Crippen MR) is 94.0 cm³/mol. The molecular weight excluding hydrogens is 378 g/mol. The van der Waals surface area contributed by atoms with Crippen LogP contribution in [0.4, 0.5) is 0 Å². The Morgan fingerprint density at radius 2 is 2.04 bits per heavy atom. The summed E-state index contributed by atoms with van der Waals surface area (Å²) in [6.07, 6.45) is 0. The highest BCUT2D eigenvalue weighted by atomic mass is 32.2. The van der Waals surface area contributed by atoms with E-state index in [9.17, 15) is 13.2 Å². The summed E-state index contributed by atoms with van der Waals surface area (Å²) >= 11 is 1.51. The van der Waals surface area contributed by atoms with Crippen molar-refractivity contribution in [3.05, 3.63) is 52.5 Å². The molecule has 26 heavy (non-hydrogen) atoms. The van der Waals surface area contributed by atoms with Gasteiger partial charge in [-0.25, -0.2) is 17.9 Å². The smallest absolute Gasteiger partial charge is 0.338 e. The molecule has 0 fully saturated rings. The average Bonchev–Trinajstić information content (AvgIpc) is 3.31. The standard InChI is InChI=1S/C16H15N3O5S2/c1-2-17-26(21,22)13-5-3-11(4-6-13)16(20)23-9-14-18-15(19-24-14)12-7-8-25-10-12/h3-8,10,17H,2,9H2,1H3. The SMILES string of the molecule is CCNS(=O)(=O)c1ccc(C(=O)OCc2nc(-c3ccsc3)no2)cc1. The van der Waals surface area contributed by atoms with Crippen molar-refractivity contribution in [3.8, 4) is 11.4 Å². The summed E-state index contributed by atoms with van der Waals surface area (Å²) in [4.78, 5) is 16.3. The third-order valence-corrected chi connectivity index (χ3v) is 5.55. The number of esters is 1. The fourth-order valence-corrected chi connectivity index (χ4v) is 3.75. The zero-order chi connectivity index (χ0) is 18.6. The minimum atomic E-state index is -3.56. The Hall–Kier alpha value is -2.56. The van der Waals surface area contributed by atoms with E-state index < -0.39 is 16.0 Å². The molecule has 3 rings (SSSR count). The van der Waals surface area contributed by atoms with E-state index in [1.807, 2.05) is 16.8 Å². The highest BCUT2D eigenvalue weighted by molar-refractivity contribution is 7.89. The molecule has 1 N–H and O–H groups in total. The number of benzene rings is 1. The van der Waals surface area contributed by atoms with Gasteiger partial charge in [0.15, 0.2) is 6.61 Å². The first kappa shape index (κ1) is 18.2. The molecule has 0 unspecified atom stereocenters. The van der Waals surface area contributed by atoms with Gasteiger partial charge < -0.3 is 9.26 Å². The van der Waals surface area contributed by atoms with Crippen LogP contribution in [-0.4, -0.2) is 31.1 Å². The Labute approximate surface area is 153 Å². The summed E-state index contributed by atoms with van der Waals surface area (Å²) < 4.78 is 36.3. The third kappa shape index (κ3) is 4.15. The molecule has 0 amide bonds. The molecular formula is C16H15N3O5S2. The molecule has 0 spiro atoms. The Kier molecular flexibility index (Phi) is 5.45. The van der Waals surface area contributed by atoms with E-state index in [1.54, 1.807) is 6.92 Å². The number of hydrogen-bond donors (Lipinski definition) is 1. The molecule has 0 saturated carbocycles. The van der Waals surface area contributed by atoms with Gasteiger partial charge in [-0.3, -0.25) is 0 Å². The minimum Gasteiger partial charge on any atom is -0.452 e. The molecule has 2 heterocycles. The van der Waals surface area contributed by atoms with Crippen molar-refractivity contribution in [2.75, 3.05) is 6.54 Å². The lowest BCUT2D eigenvalue weighted by Gasteiger charge is -2.06. The number of rotatable bonds is 7. The van der Waals surface area contributed by atoms with Gasteiger partial charge >= 0.3 is 5.97 Å². The highest BCUT2D eigenvalue weighted by Crippen LogP contribution is 2.19. The maximum Gasteiger partial charge on any atom is 0.338 e. The molecule has 0 aliphatic carbocycles. The van der Waals surface area contributed by atoms with Gasteiger partial charge in [0.1, 0.15) is 0 Å². The average molecular weight is 393 g/mol. The molecule has 8 nitrogen and oxygen atoms in total. The van der Waals surface area contributed by atoms with Crippen LogP contribution < -0.4 is 4.72 Å². The van der Waals surface area contributed by atoms with Crippen LogP contribution in [0.3, 0.4) is 0 Å². The summed E-state index contributed by atoms with van der Waals surface area (Å²) in [6.45, 7) is 1.79. The zero-order valence-electron chi connectivity index (χ0n) is 13.7. The first-order chi connectivity index (χ1) is 12.5. The lowest BCUT2D eigenvalue weighted by Crippen LogP contribution is -2.23. The monoisotopic (exact) mass is 393 g/mol. The van der Waals surface area contributed by atoms with Gasteiger partial charge in [0.2, 0.25) is 15.8 Å². The molecule has 0 saturated heterocycles. The molecule has 0 bridgehead atoms. The number of hydrogen-bond acceptors (Lipinski definition) is 8. The van der Waals surface area contributed by atoms with E-state index in [1.165, 1.54) is 35.6 Å². The van der Waals surface area contributed by atoms with Crippen molar-refractivity contribution in [3.63, 3.8) is 0 Å². The van der Waals surface area contributed by atoms with Gasteiger partial charge in [-0.05, 0) is 35.7 Å². The highest BCUT2D eigenvalue weighted by Gasteiger charge is 2.15. The summed E-state index contributed by atoms with van der Waals surface area (Å²) in [5.74, 6) is -0.0196. The second-order valence-electron chi connectivity index (χ2n) is 5.13. The first-order valence-electron chi connectivity index (χ1n) is 7.61. The quantitative estimate of drug-likeness (QED) is 0.614. The maximum atomic E-state index is 12.1. The molecule has 136 valence electrons. The van der Waals surface area contributed by atoms with Crippen LogP contribution in [0.25, 0.3) is 11.4 Å². The largest absolute Gasteiger partial charge is 0.452 e. The van der Waals surface area contributed by atoms with Gasteiger partial charge in [0.05, 0.1) is 10.5 Å². The van der Waals surface area contributed by atoms with Crippen molar-refractivity contribution in [2.45, 2.75) is 18.4 Å². The molecule has 0 aliphatic heterocycles. The zero-order valence-corrected chi connectivity index (χ0v) is 15.3. The topological polar surface area (TPSA) is 111 Å². The summed E-state index contributed by atoms with van der Waals surface area (Å²) in [7, 11) is -3.56. The first-order valence-corrected chi connectivity index (χ1v) is 10.0. The van der Waals surface area contributed by atoms with E-state index in [0.29, 0.717) is 5.82 Å². The predicted octanol–water partition coefficient (Wildman–Crippen LogP) is 2.45. The summed E-state index contributed by atoms with van der Waals surface area (Å²) in [5, 5.41) is 7.59. The normalized spacial score (nSPS) is 11.4. The Bertz CT molecular complexity index is 979. The van der Waals surface area contributed by atoms with E-state index in [2.05, 4.69) is 14.9 Å². The number of thiophene rings is 1. The van der Waals surface area contributed by atoms with Crippen molar-refractivity contribution in [2.24, 2.45) is 0 Å². The number of nitrogens with one attached hydrogen (secondary N) is 1. The number of aromatic nitrogens is 2. The Balaban J connectivity index is 1.62. The fourth-order valence-electron chi connectivity index (χ4n) is 2.08. The number of carbonyl (C=O) groups excluding carboxylic acids is 1. The molecule has 0 aliphatic rings. The van der Waals surface area contributed by atoms with Crippen molar-refractivity contribution in [1.29, 1.82) is 0 Å². The van der Waals surface area contributed by atoms with E-state index >= 15 is 0 Å². The number of ether oxygens (including phenoxy) is 1. The van der Waals surface area contributed by atoms with E-state index in [4.69, 9.17) is 9.26 Å². The maximum absolute atomic E-state index is 12.1. The van der Waals surface area contributed by atoms with Crippen LogP contribution in [0.1, 0.15) is 23.2 Å². The van der Waals surface area contributed by atoms with Gasteiger partial charge in [-0.2, -0.15) is 16.3 Å². The van der Waals surface area contributed by atoms with Crippen LogP contribution in [-0.2, 0) is 21.4 Å². The number of sulfonamides is 1. The number of carbonyl (C=O) groups is 1. The molecule has 1 aromatic carbocycles. The van der Waals surface area contributed by atoms with Gasteiger partial charge in [0, 0.05) is 17.5 Å². The molecule has 3 aromatic rings. The van der Waals surface area contributed by atoms with Crippen LogP contribution in [0.5, 0.6) is 0 Å². The second-order valence-corrected chi connectivity index (χ2v) is 7.67. The van der Waals surface area contributed by atoms with Crippen molar-refractivity contribution in [1.82, 2.24) is 14.9 Å². The van der Waals surface area contributed by atoms with E-state index in [-0.39, 0.29) is 29.5 Å².